The molecule has 3 rings (SSSR count). The highest BCUT2D eigenvalue weighted by atomic mass is 32.2. The van der Waals surface area contributed by atoms with Crippen LogP contribution in [-0.2, 0) is 10.1 Å². The van der Waals surface area contributed by atoms with Crippen LogP contribution in [0.4, 0.5) is 0 Å². The van der Waals surface area contributed by atoms with Gasteiger partial charge in [0.15, 0.2) is 0 Å². The Hall–Kier alpha value is -2.75. The maximum absolute atomic E-state index is 12.2. The van der Waals surface area contributed by atoms with Crippen LogP contribution in [0.2, 0.25) is 0 Å². The van der Waals surface area contributed by atoms with Gasteiger partial charge in [-0.15, -0.1) is 11.3 Å². The highest BCUT2D eigenvalue weighted by Gasteiger charge is 2.25. The summed E-state index contributed by atoms with van der Waals surface area (Å²) in [5, 5.41) is 9.80. The average molecular weight is 418 g/mol. The molecule has 0 atom stereocenters. The smallest absolute Gasteiger partial charge is 0.339 e. The quantitative estimate of drug-likeness (QED) is 0.605. The first-order valence-corrected chi connectivity index (χ1v) is 10.3. The Morgan fingerprint density at radius 2 is 1.96 bits per heavy atom. The summed E-state index contributed by atoms with van der Waals surface area (Å²) in [6, 6.07) is 10.1. The van der Waals surface area contributed by atoms with Gasteiger partial charge < -0.3 is 9.84 Å². The molecule has 7 nitrogen and oxygen atoms in total. The van der Waals surface area contributed by atoms with Gasteiger partial charge in [0.25, 0.3) is 10.1 Å². The first-order valence-electron chi connectivity index (χ1n) is 8.01. The maximum atomic E-state index is 12.2. The zero-order valence-electron chi connectivity index (χ0n) is 15.2. The molecular formula is C19H16NO6S2. The number of hydrogen-bond acceptors (Lipinski definition) is 6. The predicted octanol–water partition coefficient (Wildman–Crippen LogP) is 3.85. The summed E-state index contributed by atoms with van der Waals surface area (Å²) >= 11 is 1.28. The first-order chi connectivity index (χ1) is 13.1. The van der Waals surface area contributed by atoms with Crippen LogP contribution >= 0.6 is 11.3 Å². The average Bonchev–Trinajstić information content (AvgIpc) is 2.98. The van der Waals surface area contributed by atoms with Gasteiger partial charge in [-0.25, -0.2) is 9.78 Å². The van der Waals surface area contributed by atoms with E-state index in [1.54, 1.807) is 6.92 Å². The van der Waals surface area contributed by atoms with E-state index in [0.717, 1.165) is 10.6 Å². The predicted molar refractivity (Wildman–Crippen MR) is 105 cm³/mol. The van der Waals surface area contributed by atoms with E-state index in [2.05, 4.69) is 11.1 Å². The van der Waals surface area contributed by atoms with Crippen LogP contribution in [0.5, 0.6) is 5.75 Å². The van der Waals surface area contributed by atoms with E-state index in [1.165, 1.54) is 48.8 Å². The first kappa shape index (κ1) is 20.0. The molecule has 2 N–H and O–H groups in total. The van der Waals surface area contributed by atoms with Crippen molar-refractivity contribution in [2.24, 2.45) is 0 Å². The van der Waals surface area contributed by atoms with Crippen LogP contribution in [0, 0.1) is 19.9 Å². The molecule has 3 aromatic rings. The number of aryl methyl sites for hydroxylation is 2. The molecule has 0 saturated heterocycles. The molecule has 0 unspecified atom stereocenters. The summed E-state index contributed by atoms with van der Waals surface area (Å²) < 4.78 is 39.4. The Morgan fingerprint density at radius 1 is 1.25 bits per heavy atom. The number of rotatable bonds is 5. The SMILES string of the molecule is COc1ccc(-c2cc[c]c(-c3nc(C)c(C)s3)c2S(=O)(=O)O)cc1C(=O)O. The van der Waals surface area contributed by atoms with Crippen molar-refractivity contribution in [3.63, 3.8) is 0 Å². The molecule has 1 radical (unpaired) electrons. The van der Waals surface area contributed by atoms with Crippen LogP contribution in [0.25, 0.3) is 21.7 Å². The molecule has 0 aliphatic heterocycles. The van der Waals surface area contributed by atoms with Gasteiger partial charge in [0.1, 0.15) is 21.2 Å². The fourth-order valence-electron chi connectivity index (χ4n) is 2.76. The van der Waals surface area contributed by atoms with E-state index in [9.17, 15) is 22.9 Å². The van der Waals surface area contributed by atoms with Crippen LogP contribution in [0.15, 0.2) is 35.2 Å². The second kappa shape index (κ2) is 7.34. The van der Waals surface area contributed by atoms with Crippen molar-refractivity contribution in [1.29, 1.82) is 0 Å². The van der Waals surface area contributed by atoms with Crippen molar-refractivity contribution < 1.29 is 27.6 Å². The maximum Gasteiger partial charge on any atom is 0.339 e. The normalized spacial score (nSPS) is 11.4. The minimum atomic E-state index is -4.66. The summed E-state index contributed by atoms with van der Waals surface area (Å²) in [6.45, 7) is 3.66. The van der Waals surface area contributed by atoms with E-state index >= 15 is 0 Å². The van der Waals surface area contributed by atoms with Gasteiger partial charge in [0.05, 0.1) is 12.8 Å². The molecule has 0 amide bonds. The minimum absolute atomic E-state index is 0.128. The lowest BCUT2D eigenvalue weighted by molar-refractivity contribution is 0.0693. The van der Waals surface area contributed by atoms with Crippen LogP contribution in [0.3, 0.4) is 0 Å². The molecule has 28 heavy (non-hydrogen) atoms. The van der Waals surface area contributed by atoms with Gasteiger partial charge >= 0.3 is 5.97 Å². The van der Waals surface area contributed by atoms with E-state index in [0.29, 0.717) is 10.6 Å². The monoisotopic (exact) mass is 418 g/mol. The van der Waals surface area contributed by atoms with E-state index in [-0.39, 0.29) is 27.3 Å². The number of aromatic carboxylic acids is 1. The summed E-state index contributed by atoms with van der Waals surface area (Å²) in [5.74, 6) is -1.08. The van der Waals surface area contributed by atoms with Crippen LogP contribution < -0.4 is 4.74 Å². The molecule has 0 bridgehead atoms. The molecule has 0 saturated carbocycles. The Morgan fingerprint density at radius 3 is 2.50 bits per heavy atom. The molecule has 1 aromatic heterocycles. The lowest BCUT2D eigenvalue weighted by Crippen LogP contribution is -2.05. The Labute approximate surface area is 166 Å². The summed E-state index contributed by atoms with van der Waals surface area (Å²) in [6.07, 6.45) is 0. The van der Waals surface area contributed by atoms with Crippen molar-refractivity contribution in [3.05, 3.63) is 52.5 Å². The van der Waals surface area contributed by atoms with Crippen molar-refractivity contribution in [1.82, 2.24) is 4.98 Å². The topological polar surface area (TPSA) is 114 Å². The molecule has 145 valence electrons. The molecule has 2 aromatic carbocycles. The third-order valence-corrected chi connectivity index (χ3v) is 6.22. The molecule has 0 aliphatic rings. The van der Waals surface area contributed by atoms with E-state index in [1.807, 2.05) is 6.92 Å². The van der Waals surface area contributed by atoms with E-state index in [4.69, 9.17) is 4.74 Å². The summed E-state index contributed by atoms with van der Waals surface area (Å²) in [7, 11) is -3.32. The largest absolute Gasteiger partial charge is 0.496 e. The third kappa shape index (κ3) is 3.64. The number of carboxylic acid groups (broad SMARTS) is 1. The van der Waals surface area contributed by atoms with E-state index < -0.39 is 16.1 Å². The lowest BCUT2D eigenvalue weighted by Gasteiger charge is -2.13. The fourth-order valence-corrected chi connectivity index (χ4v) is 4.63. The van der Waals surface area contributed by atoms with Crippen molar-refractivity contribution in [3.8, 4) is 27.4 Å². The minimum Gasteiger partial charge on any atom is -0.496 e. The van der Waals surface area contributed by atoms with Gasteiger partial charge in [0.2, 0.25) is 0 Å². The van der Waals surface area contributed by atoms with Gasteiger partial charge in [-0.2, -0.15) is 8.42 Å². The molecular weight excluding hydrogens is 402 g/mol. The number of benzene rings is 2. The number of thiazole rings is 1. The van der Waals surface area contributed by atoms with Crippen LogP contribution in [-0.4, -0.2) is 36.1 Å². The number of carbonyl (C=O) groups is 1. The van der Waals surface area contributed by atoms with Gasteiger partial charge in [-0.05, 0) is 37.6 Å². The second-order valence-corrected chi connectivity index (χ2v) is 8.51. The van der Waals surface area contributed by atoms with Gasteiger partial charge in [-0.1, -0.05) is 18.2 Å². The zero-order chi connectivity index (χ0) is 20.6. The highest BCUT2D eigenvalue weighted by Crippen LogP contribution is 2.38. The molecule has 1 heterocycles. The summed E-state index contributed by atoms with van der Waals surface area (Å²) in [5.41, 5.74) is 1.20. The number of ether oxygens (including phenoxy) is 1. The zero-order valence-corrected chi connectivity index (χ0v) is 16.8. The third-order valence-electron chi connectivity index (χ3n) is 4.19. The number of methoxy groups -OCH3 is 1. The standard InChI is InChI=1S/C19H16NO6S2/c1-10-11(2)27-18(20-10)14-6-4-5-13(17(14)28(23,24)25)12-7-8-16(26-3)15(9-12)19(21)22/h4-5,7-9H,1-3H3,(H,21,22)(H,23,24,25). The molecule has 0 fully saturated rings. The summed E-state index contributed by atoms with van der Waals surface area (Å²) in [4.78, 5) is 16.4. The highest BCUT2D eigenvalue weighted by molar-refractivity contribution is 7.86. The molecule has 0 aliphatic carbocycles. The Kier molecular flexibility index (Phi) is 5.24. The Balaban J connectivity index is 2.33. The van der Waals surface area contributed by atoms with Crippen molar-refractivity contribution >= 4 is 27.4 Å². The number of nitrogens with zero attached hydrogens (tertiary/aromatic N) is 1. The van der Waals surface area contributed by atoms with Crippen molar-refractivity contribution in [2.75, 3.05) is 7.11 Å². The lowest BCUT2D eigenvalue weighted by atomic mass is 10.00. The van der Waals surface area contributed by atoms with Gasteiger partial charge in [-0.3, -0.25) is 4.55 Å². The number of hydrogen-bond donors (Lipinski definition) is 2. The fraction of sp³-hybridized carbons (Fsp3) is 0.158. The number of aromatic nitrogens is 1. The second-order valence-electron chi connectivity index (χ2n) is 5.95. The molecule has 0 spiro atoms. The van der Waals surface area contributed by atoms with Gasteiger partial charge in [0, 0.05) is 16.0 Å². The number of carboxylic acids is 1. The van der Waals surface area contributed by atoms with Crippen LogP contribution in [0.1, 0.15) is 20.9 Å². The van der Waals surface area contributed by atoms with Crippen molar-refractivity contribution in [2.45, 2.75) is 18.7 Å². The Bertz CT molecular complexity index is 1160. The molecule has 9 heteroatoms.